The van der Waals surface area contributed by atoms with Crippen LogP contribution in [0.15, 0.2) is 0 Å². The second-order valence-corrected chi connectivity index (χ2v) is 4.28. The Labute approximate surface area is 99.5 Å². The minimum atomic E-state index is -4.74. The Morgan fingerprint density at radius 1 is 1.53 bits per heavy atom. The molecule has 0 bridgehead atoms. The molecular weight excluding hydrogens is 257 g/mol. The zero-order valence-electron chi connectivity index (χ0n) is 8.97. The van der Waals surface area contributed by atoms with Crippen molar-refractivity contribution in [2.75, 3.05) is 11.9 Å². The number of thiazole rings is 1. The standard InChI is InChI=1S/C9H11F3N2O2S/c1-2-3-4-13-8-14-6(9(10,11)12)5(17-8)7(15)16/h2-4H2,1H3,(H,13,14)(H,15,16). The molecule has 0 aliphatic heterocycles. The first-order chi connectivity index (χ1) is 7.86. The van der Waals surface area contributed by atoms with Crippen molar-refractivity contribution in [3.63, 3.8) is 0 Å². The monoisotopic (exact) mass is 268 g/mol. The van der Waals surface area contributed by atoms with Gasteiger partial charge in [-0.2, -0.15) is 13.2 Å². The van der Waals surface area contributed by atoms with Crippen LogP contribution in [0.2, 0.25) is 0 Å². The van der Waals surface area contributed by atoms with Crippen LogP contribution < -0.4 is 5.32 Å². The fourth-order valence-electron chi connectivity index (χ4n) is 1.10. The quantitative estimate of drug-likeness (QED) is 0.806. The van der Waals surface area contributed by atoms with Gasteiger partial charge < -0.3 is 10.4 Å². The van der Waals surface area contributed by atoms with Crippen molar-refractivity contribution in [3.8, 4) is 0 Å². The lowest BCUT2D eigenvalue weighted by Crippen LogP contribution is -2.11. The van der Waals surface area contributed by atoms with Crippen molar-refractivity contribution in [2.24, 2.45) is 0 Å². The summed E-state index contributed by atoms with van der Waals surface area (Å²) in [5, 5.41) is 11.3. The van der Waals surface area contributed by atoms with Crippen LogP contribution in [0, 0.1) is 0 Å². The van der Waals surface area contributed by atoms with Gasteiger partial charge in [0.05, 0.1) is 0 Å². The molecule has 0 fully saturated rings. The van der Waals surface area contributed by atoms with Crippen LogP contribution in [-0.2, 0) is 6.18 Å². The van der Waals surface area contributed by atoms with Gasteiger partial charge in [0.15, 0.2) is 10.8 Å². The van der Waals surface area contributed by atoms with E-state index < -0.39 is 22.7 Å². The van der Waals surface area contributed by atoms with E-state index in [1.54, 1.807) is 0 Å². The second-order valence-electron chi connectivity index (χ2n) is 3.28. The number of nitrogens with zero attached hydrogens (tertiary/aromatic N) is 1. The van der Waals surface area contributed by atoms with E-state index in [2.05, 4.69) is 10.3 Å². The van der Waals surface area contributed by atoms with Crippen LogP contribution in [-0.4, -0.2) is 22.6 Å². The molecule has 0 radical (unpaired) electrons. The van der Waals surface area contributed by atoms with E-state index in [0.717, 1.165) is 12.8 Å². The second kappa shape index (κ2) is 5.35. The van der Waals surface area contributed by atoms with E-state index in [0.29, 0.717) is 17.9 Å². The van der Waals surface area contributed by atoms with Crippen molar-refractivity contribution in [1.82, 2.24) is 4.98 Å². The fourth-order valence-corrected chi connectivity index (χ4v) is 1.95. The van der Waals surface area contributed by atoms with E-state index in [1.807, 2.05) is 6.92 Å². The summed E-state index contributed by atoms with van der Waals surface area (Å²) in [6, 6.07) is 0. The Morgan fingerprint density at radius 2 is 2.18 bits per heavy atom. The lowest BCUT2D eigenvalue weighted by Gasteiger charge is -2.02. The third kappa shape index (κ3) is 3.58. The minimum Gasteiger partial charge on any atom is -0.477 e. The van der Waals surface area contributed by atoms with Gasteiger partial charge in [0.25, 0.3) is 0 Å². The van der Waals surface area contributed by atoms with E-state index in [4.69, 9.17) is 5.11 Å². The number of hydrogen-bond acceptors (Lipinski definition) is 4. The number of carboxylic acid groups (broad SMARTS) is 1. The van der Waals surface area contributed by atoms with Gasteiger partial charge in [-0.25, -0.2) is 9.78 Å². The summed E-state index contributed by atoms with van der Waals surface area (Å²) >= 11 is 0.503. The highest BCUT2D eigenvalue weighted by atomic mass is 32.1. The minimum absolute atomic E-state index is 0.0109. The summed E-state index contributed by atoms with van der Waals surface area (Å²) < 4.78 is 37.4. The number of hydrogen-bond donors (Lipinski definition) is 2. The topological polar surface area (TPSA) is 62.2 Å². The average Bonchev–Trinajstić information content (AvgIpc) is 2.62. The van der Waals surface area contributed by atoms with Crippen LogP contribution in [0.4, 0.5) is 18.3 Å². The van der Waals surface area contributed by atoms with Gasteiger partial charge in [-0.05, 0) is 6.42 Å². The molecule has 1 rings (SSSR count). The van der Waals surface area contributed by atoms with Gasteiger partial charge in [-0.3, -0.25) is 0 Å². The van der Waals surface area contributed by atoms with E-state index in [1.165, 1.54) is 0 Å². The van der Waals surface area contributed by atoms with Crippen molar-refractivity contribution >= 4 is 22.4 Å². The van der Waals surface area contributed by atoms with Crippen LogP contribution in [0.3, 0.4) is 0 Å². The molecule has 0 aromatic carbocycles. The molecule has 0 saturated carbocycles. The summed E-state index contributed by atoms with van der Waals surface area (Å²) in [6.07, 6.45) is -3.07. The summed E-state index contributed by atoms with van der Waals surface area (Å²) in [6.45, 7) is 2.41. The zero-order valence-corrected chi connectivity index (χ0v) is 9.78. The third-order valence-electron chi connectivity index (χ3n) is 1.90. The summed E-state index contributed by atoms with van der Waals surface area (Å²) in [5.41, 5.74) is -1.34. The van der Waals surface area contributed by atoms with Gasteiger partial charge in [-0.15, -0.1) is 0 Å². The van der Waals surface area contributed by atoms with Gasteiger partial charge >= 0.3 is 12.1 Å². The molecule has 0 atom stereocenters. The summed E-state index contributed by atoms with van der Waals surface area (Å²) in [5.74, 6) is -1.61. The molecule has 0 aliphatic carbocycles. The Hall–Kier alpha value is -1.31. The Bertz CT molecular complexity index is 403. The molecule has 4 nitrogen and oxygen atoms in total. The molecule has 0 unspecified atom stereocenters. The third-order valence-corrected chi connectivity index (χ3v) is 2.90. The summed E-state index contributed by atoms with van der Waals surface area (Å²) in [7, 11) is 0. The lowest BCUT2D eigenvalue weighted by molar-refractivity contribution is -0.141. The molecule has 1 heterocycles. The molecule has 0 amide bonds. The number of aromatic carboxylic acids is 1. The van der Waals surface area contributed by atoms with E-state index in [9.17, 15) is 18.0 Å². The van der Waals surface area contributed by atoms with Crippen LogP contribution >= 0.6 is 11.3 Å². The molecule has 2 N–H and O–H groups in total. The number of anilines is 1. The highest BCUT2D eigenvalue weighted by Crippen LogP contribution is 2.36. The first kappa shape index (κ1) is 13.8. The molecule has 0 saturated heterocycles. The first-order valence-corrected chi connectivity index (χ1v) is 5.73. The molecule has 0 aliphatic rings. The number of halogens is 3. The predicted molar refractivity (Wildman–Crippen MR) is 57.5 cm³/mol. The number of rotatable bonds is 5. The van der Waals surface area contributed by atoms with Crippen LogP contribution in [0.25, 0.3) is 0 Å². The van der Waals surface area contributed by atoms with Crippen molar-refractivity contribution in [3.05, 3.63) is 10.6 Å². The smallest absolute Gasteiger partial charge is 0.435 e. The normalized spacial score (nSPS) is 11.5. The van der Waals surface area contributed by atoms with Crippen molar-refractivity contribution in [2.45, 2.75) is 25.9 Å². The zero-order chi connectivity index (χ0) is 13.1. The van der Waals surface area contributed by atoms with E-state index in [-0.39, 0.29) is 5.13 Å². The Kier molecular flexibility index (Phi) is 4.33. The van der Waals surface area contributed by atoms with Crippen LogP contribution in [0.1, 0.15) is 35.1 Å². The average molecular weight is 268 g/mol. The number of alkyl halides is 3. The fraction of sp³-hybridized carbons (Fsp3) is 0.556. The maximum Gasteiger partial charge on any atom is 0.435 e. The van der Waals surface area contributed by atoms with Crippen molar-refractivity contribution < 1.29 is 23.1 Å². The lowest BCUT2D eigenvalue weighted by atomic mass is 10.3. The molecular formula is C9H11F3N2O2S. The van der Waals surface area contributed by atoms with E-state index >= 15 is 0 Å². The maximum atomic E-state index is 12.5. The molecule has 1 aromatic heterocycles. The highest BCUT2D eigenvalue weighted by molar-refractivity contribution is 7.17. The number of aromatic nitrogens is 1. The van der Waals surface area contributed by atoms with Gasteiger partial charge in [0, 0.05) is 6.54 Å². The molecule has 17 heavy (non-hydrogen) atoms. The number of carboxylic acids is 1. The molecule has 8 heteroatoms. The van der Waals surface area contributed by atoms with Gasteiger partial charge in [0.2, 0.25) is 0 Å². The highest BCUT2D eigenvalue weighted by Gasteiger charge is 2.39. The first-order valence-electron chi connectivity index (χ1n) is 4.91. The summed E-state index contributed by atoms with van der Waals surface area (Å²) in [4.78, 5) is 13.1. The number of unbranched alkanes of at least 4 members (excludes halogenated alkanes) is 1. The Morgan fingerprint density at radius 3 is 2.59 bits per heavy atom. The predicted octanol–water partition coefficient (Wildman–Crippen LogP) is 3.07. The Balaban J connectivity index is 2.93. The largest absolute Gasteiger partial charge is 0.477 e. The maximum absolute atomic E-state index is 12.5. The number of carbonyl (C=O) groups is 1. The molecule has 0 spiro atoms. The molecule has 1 aromatic rings. The van der Waals surface area contributed by atoms with Crippen molar-refractivity contribution in [1.29, 1.82) is 0 Å². The van der Waals surface area contributed by atoms with Crippen LogP contribution in [0.5, 0.6) is 0 Å². The SMILES string of the molecule is CCCCNc1nc(C(F)(F)F)c(C(=O)O)s1. The molecule has 96 valence electrons. The number of nitrogens with one attached hydrogen (secondary N) is 1. The van der Waals surface area contributed by atoms with Gasteiger partial charge in [-0.1, -0.05) is 24.7 Å². The van der Waals surface area contributed by atoms with Gasteiger partial charge in [0.1, 0.15) is 4.88 Å².